The summed E-state index contributed by atoms with van der Waals surface area (Å²) in [6.07, 6.45) is 3.32. The Morgan fingerprint density at radius 2 is 2.05 bits per heavy atom. The number of furan rings is 1. The summed E-state index contributed by atoms with van der Waals surface area (Å²) in [5.41, 5.74) is 6.59. The van der Waals surface area contributed by atoms with E-state index in [1.165, 1.54) is 6.26 Å². The van der Waals surface area contributed by atoms with Crippen LogP contribution in [0.25, 0.3) is 0 Å². The van der Waals surface area contributed by atoms with E-state index in [-0.39, 0.29) is 5.91 Å². The smallest absolute Gasteiger partial charge is 0.289 e. The number of carbonyl (C=O) groups is 1. The molecule has 3 heterocycles. The van der Waals surface area contributed by atoms with E-state index in [2.05, 4.69) is 9.88 Å². The van der Waals surface area contributed by atoms with E-state index in [1.807, 2.05) is 17.0 Å². The van der Waals surface area contributed by atoms with Crippen LogP contribution in [0, 0.1) is 0 Å². The minimum Gasteiger partial charge on any atom is -0.459 e. The zero-order valence-electron chi connectivity index (χ0n) is 11.7. The van der Waals surface area contributed by atoms with Crippen LogP contribution >= 0.6 is 0 Å². The maximum absolute atomic E-state index is 12.2. The van der Waals surface area contributed by atoms with Crippen LogP contribution < -0.4 is 10.6 Å². The molecule has 2 N–H and O–H groups in total. The second-order valence-corrected chi connectivity index (χ2v) is 4.99. The van der Waals surface area contributed by atoms with Gasteiger partial charge >= 0.3 is 0 Å². The van der Waals surface area contributed by atoms with Crippen LogP contribution in [0.1, 0.15) is 16.1 Å². The lowest BCUT2D eigenvalue weighted by atomic mass is 10.2. The zero-order valence-corrected chi connectivity index (χ0v) is 11.7. The largest absolute Gasteiger partial charge is 0.459 e. The molecular formula is C15H18N4O2. The first-order valence-corrected chi connectivity index (χ1v) is 7.00. The van der Waals surface area contributed by atoms with Crippen molar-refractivity contribution < 1.29 is 9.21 Å². The van der Waals surface area contributed by atoms with Crippen LogP contribution in [0.2, 0.25) is 0 Å². The first kappa shape index (κ1) is 13.6. The van der Waals surface area contributed by atoms with Crippen molar-refractivity contribution in [3.63, 3.8) is 0 Å². The summed E-state index contributed by atoms with van der Waals surface area (Å²) in [6, 6.07) is 7.39. The van der Waals surface area contributed by atoms with Gasteiger partial charge in [-0.15, -0.1) is 0 Å². The number of nitrogens with two attached hydrogens (primary N) is 1. The first-order valence-electron chi connectivity index (χ1n) is 7.00. The van der Waals surface area contributed by atoms with Gasteiger partial charge in [-0.3, -0.25) is 4.79 Å². The lowest BCUT2D eigenvalue weighted by Crippen LogP contribution is -2.49. The molecule has 6 heteroatoms. The van der Waals surface area contributed by atoms with E-state index in [4.69, 9.17) is 10.2 Å². The van der Waals surface area contributed by atoms with E-state index < -0.39 is 0 Å². The van der Waals surface area contributed by atoms with Crippen LogP contribution in [0.4, 0.5) is 5.82 Å². The molecule has 2 aromatic rings. The number of aromatic nitrogens is 1. The van der Waals surface area contributed by atoms with E-state index >= 15 is 0 Å². The Bertz CT molecular complexity index is 587. The average Bonchev–Trinajstić information content (AvgIpc) is 3.09. The van der Waals surface area contributed by atoms with Crippen molar-refractivity contribution >= 4 is 11.7 Å². The molecule has 110 valence electrons. The van der Waals surface area contributed by atoms with E-state index in [0.29, 0.717) is 25.4 Å². The third-order valence-corrected chi connectivity index (χ3v) is 3.67. The maximum Gasteiger partial charge on any atom is 0.289 e. The quantitative estimate of drug-likeness (QED) is 0.914. The molecule has 1 fully saturated rings. The molecule has 21 heavy (non-hydrogen) atoms. The molecule has 1 saturated heterocycles. The molecule has 0 aromatic carbocycles. The summed E-state index contributed by atoms with van der Waals surface area (Å²) in [6.45, 7) is 3.36. The normalized spacial score (nSPS) is 15.3. The van der Waals surface area contributed by atoms with Gasteiger partial charge < -0.3 is 20.0 Å². The Hall–Kier alpha value is -2.34. The third-order valence-electron chi connectivity index (χ3n) is 3.67. The maximum atomic E-state index is 12.2. The Kier molecular flexibility index (Phi) is 3.87. The van der Waals surface area contributed by atoms with Crippen LogP contribution in [0.3, 0.4) is 0 Å². The van der Waals surface area contributed by atoms with Crippen molar-refractivity contribution in [1.82, 2.24) is 9.88 Å². The van der Waals surface area contributed by atoms with Crippen LogP contribution in [0.5, 0.6) is 0 Å². The summed E-state index contributed by atoms with van der Waals surface area (Å²) in [5, 5.41) is 0. The van der Waals surface area contributed by atoms with Gasteiger partial charge in [0.15, 0.2) is 5.76 Å². The number of anilines is 1. The number of rotatable bonds is 3. The van der Waals surface area contributed by atoms with Crippen molar-refractivity contribution in [2.24, 2.45) is 5.73 Å². The third kappa shape index (κ3) is 2.90. The lowest BCUT2D eigenvalue weighted by molar-refractivity contribution is 0.0714. The fourth-order valence-corrected chi connectivity index (χ4v) is 2.42. The fraction of sp³-hybridized carbons (Fsp3) is 0.333. The summed E-state index contributed by atoms with van der Waals surface area (Å²) < 4.78 is 5.16. The molecule has 0 spiro atoms. The van der Waals surface area contributed by atoms with Gasteiger partial charge in [0.25, 0.3) is 5.91 Å². The predicted molar refractivity (Wildman–Crippen MR) is 79.0 cm³/mol. The van der Waals surface area contributed by atoms with Gasteiger partial charge in [0.1, 0.15) is 5.82 Å². The first-order chi connectivity index (χ1) is 10.3. The summed E-state index contributed by atoms with van der Waals surface area (Å²) in [5.74, 6) is 1.28. The van der Waals surface area contributed by atoms with E-state index in [9.17, 15) is 4.79 Å². The van der Waals surface area contributed by atoms with Gasteiger partial charge in [0, 0.05) is 38.9 Å². The monoisotopic (exact) mass is 286 g/mol. The van der Waals surface area contributed by atoms with Gasteiger partial charge in [0.2, 0.25) is 0 Å². The van der Waals surface area contributed by atoms with Crippen molar-refractivity contribution in [3.05, 3.63) is 48.0 Å². The van der Waals surface area contributed by atoms with E-state index in [1.54, 1.807) is 18.3 Å². The highest BCUT2D eigenvalue weighted by molar-refractivity contribution is 5.91. The highest BCUT2D eigenvalue weighted by Gasteiger charge is 2.24. The zero-order chi connectivity index (χ0) is 14.7. The highest BCUT2D eigenvalue weighted by atomic mass is 16.3. The molecule has 3 rings (SSSR count). The Morgan fingerprint density at radius 1 is 1.24 bits per heavy atom. The molecule has 0 radical (unpaired) electrons. The van der Waals surface area contributed by atoms with Gasteiger partial charge in [-0.2, -0.15) is 0 Å². The van der Waals surface area contributed by atoms with Crippen molar-refractivity contribution in [1.29, 1.82) is 0 Å². The van der Waals surface area contributed by atoms with Crippen LogP contribution in [0.15, 0.2) is 41.1 Å². The van der Waals surface area contributed by atoms with Crippen molar-refractivity contribution in [2.45, 2.75) is 6.54 Å². The van der Waals surface area contributed by atoms with Gasteiger partial charge in [-0.25, -0.2) is 4.98 Å². The Labute approximate surface area is 123 Å². The van der Waals surface area contributed by atoms with Crippen molar-refractivity contribution in [2.75, 3.05) is 31.1 Å². The minimum atomic E-state index is -0.0499. The molecule has 2 aromatic heterocycles. The molecular weight excluding hydrogens is 268 g/mol. The number of pyridine rings is 1. The van der Waals surface area contributed by atoms with Crippen LogP contribution in [-0.4, -0.2) is 42.0 Å². The predicted octanol–water partition coefficient (Wildman–Crippen LogP) is 1.10. The van der Waals surface area contributed by atoms with E-state index in [0.717, 1.165) is 24.5 Å². The number of carbonyl (C=O) groups excluding carboxylic acids is 1. The summed E-state index contributed by atoms with van der Waals surface area (Å²) in [4.78, 5) is 20.6. The molecule has 0 bridgehead atoms. The SMILES string of the molecule is NCc1ccc(N2CCN(C(=O)c3ccco3)CC2)nc1. The van der Waals surface area contributed by atoms with Gasteiger partial charge in [-0.1, -0.05) is 6.07 Å². The molecule has 1 amide bonds. The molecule has 6 nitrogen and oxygen atoms in total. The number of nitrogens with zero attached hydrogens (tertiary/aromatic N) is 3. The molecule has 0 aliphatic carbocycles. The molecule has 0 unspecified atom stereocenters. The number of hydrogen-bond donors (Lipinski definition) is 1. The van der Waals surface area contributed by atoms with Gasteiger partial charge in [-0.05, 0) is 23.8 Å². The van der Waals surface area contributed by atoms with Gasteiger partial charge in [0.05, 0.1) is 6.26 Å². The number of hydrogen-bond acceptors (Lipinski definition) is 5. The fourth-order valence-electron chi connectivity index (χ4n) is 2.42. The lowest BCUT2D eigenvalue weighted by Gasteiger charge is -2.35. The minimum absolute atomic E-state index is 0.0499. The van der Waals surface area contributed by atoms with Crippen LogP contribution in [-0.2, 0) is 6.54 Å². The molecule has 1 aliphatic heterocycles. The molecule has 1 aliphatic rings. The topological polar surface area (TPSA) is 75.6 Å². The second-order valence-electron chi connectivity index (χ2n) is 4.99. The standard InChI is InChI=1S/C15H18N4O2/c16-10-12-3-4-14(17-11-12)18-5-7-19(8-6-18)15(20)13-2-1-9-21-13/h1-4,9,11H,5-8,10,16H2. The highest BCUT2D eigenvalue weighted by Crippen LogP contribution is 2.15. The second kappa shape index (κ2) is 5.97. The number of piperazine rings is 1. The number of amides is 1. The average molecular weight is 286 g/mol. The molecule has 0 saturated carbocycles. The molecule has 0 atom stereocenters. The van der Waals surface area contributed by atoms with Crippen molar-refractivity contribution in [3.8, 4) is 0 Å². The Morgan fingerprint density at radius 3 is 2.62 bits per heavy atom. The Balaban J connectivity index is 1.60. The summed E-state index contributed by atoms with van der Waals surface area (Å²) in [7, 11) is 0. The summed E-state index contributed by atoms with van der Waals surface area (Å²) >= 11 is 0.